The highest BCUT2D eigenvalue weighted by atomic mass is 32.2. The number of anilines is 1. The van der Waals surface area contributed by atoms with Gasteiger partial charge < -0.3 is 4.57 Å². The van der Waals surface area contributed by atoms with Gasteiger partial charge in [-0.05, 0) is 0 Å². The van der Waals surface area contributed by atoms with E-state index in [1.165, 1.54) is 17.9 Å². The third kappa shape index (κ3) is 1.00. The fourth-order valence-corrected chi connectivity index (χ4v) is 2.13. The first-order valence-electron chi connectivity index (χ1n) is 3.80. The van der Waals surface area contributed by atoms with Gasteiger partial charge in [0.1, 0.15) is 5.69 Å². The summed E-state index contributed by atoms with van der Waals surface area (Å²) in [7, 11) is -0.651. The predicted molar refractivity (Wildman–Crippen MR) is 50.3 cm³/mol. The first kappa shape index (κ1) is 9.00. The van der Waals surface area contributed by atoms with E-state index in [1.54, 1.807) is 7.05 Å². The van der Waals surface area contributed by atoms with Crippen LogP contribution in [-0.4, -0.2) is 35.2 Å². The third-order valence-corrected chi connectivity index (χ3v) is 3.42. The molecular weight excluding hydrogens is 206 g/mol. The Labute approximate surface area is 81.1 Å². The lowest BCUT2D eigenvalue weighted by molar-refractivity contribution is 0.555. The van der Waals surface area contributed by atoms with E-state index in [4.69, 9.17) is 5.41 Å². The highest BCUT2D eigenvalue weighted by Crippen LogP contribution is 2.22. The summed E-state index contributed by atoms with van der Waals surface area (Å²) in [4.78, 5) is 3.92. The Morgan fingerprint density at radius 3 is 2.79 bits per heavy atom. The highest BCUT2D eigenvalue weighted by molar-refractivity contribution is 7.91. The molecule has 8 heteroatoms. The van der Waals surface area contributed by atoms with E-state index in [0.29, 0.717) is 11.5 Å². The molecular formula is C6H9N5O2S. The number of nitrogens with one attached hydrogen (secondary N) is 2. The quantitative estimate of drug-likeness (QED) is 0.602. The van der Waals surface area contributed by atoms with E-state index in [1.807, 2.05) is 0 Å². The molecule has 2 N–H and O–H groups in total. The number of rotatable bonds is 0. The zero-order valence-corrected chi connectivity index (χ0v) is 8.46. The fourth-order valence-electron chi connectivity index (χ4n) is 1.18. The van der Waals surface area contributed by atoms with Crippen LogP contribution in [0.3, 0.4) is 0 Å². The fraction of sp³-hybridized carbons (Fsp3) is 0.333. The number of nitrogens with zero attached hydrogens (tertiary/aromatic N) is 3. The van der Waals surface area contributed by atoms with Crippen molar-refractivity contribution in [1.29, 1.82) is 5.41 Å². The van der Waals surface area contributed by atoms with Crippen molar-refractivity contribution in [3.05, 3.63) is 12.0 Å². The van der Waals surface area contributed by atoms with E-state index in [9.17, 15) is 8.42 Å². The van der Waals surface area contributed by atoms with Crippen molar-refractivity contribution in [3.8, 4) is 0 Å². The molecule has 0 aliphatic carbocycles. The molecule has 2 heterocycles. The van der Waals surface area contributed by atoms with Crippen LogP contribution in [0.15, 0.2) is 6.33 Å². The van der Waals surface area contributed by atoms with E-state index in [-0.39, 0.29) is 5.84 Å². The van der Waals surface area contributed by atoms with Gasteiger partial charge in [-0.25, -0.2) is 14.0 Å². The molecule has 1 aromatic rings. The lowest BCUT2D eigenvalue weighted by atomic mass is 10.4. The zero-order chi connectivity index (χ0) is 10.5. The maximum Gasteiger partial charge on any atom is 0.326 e. The first-order valence-corrected chi connectivity index (χ1v) is 5.24. The Kier molecular flexibility index (Phi) is 1.59. The minimum Gasteiger partial charge on any atom is -0.319 e. The van der Waals surface area contributed by atoms with Crippen molar-refractivity contribution in [2.45, 2.75) is 0 Å². The zero-order valence-electron chi connectivity index (χ0n) is 7.64. The summed E-state index contributed by atoms with van der Waals surface area (Å²) in [5.74, 6) is 0.201. The van der Waals surface area contributed by atoms with Crippen LogP contribution in [0.2, 0.25) is 0 Å². The molecule has 0 saturated carbocycles. The van der Waals surface area contributed by atoms with Crippen molar-refractivity contribution in [2.24, 2.45) is 7.05 Å². The maximum absolute atomic E-state index is 11.4. The van der Waals surface area contributed by atoms with Crippen molar-refractivity contribution < 1.29 is 8.42 Å². The highest BCUT2D eigenvalue weighted by Gasteiger charge is 2.32. The first-order chi connectivity index (χ1) is 6.43. The molecule has 0 aromatic carbocycles. The van der Waals surface area contributed by atoms with Gasteiger partial charge in [-0.3, -0.25) is 5.41 Å². The largest absolute Gasteiger partial charge is 0.326 e. The molecule has 0 spiro atoms. The van der Waals surface area contributed by atoms with Gasteiger partial charge in [0.05, 0.1) is 6.33 Å². The summed E-state index contributed by atoms with van der Waals surface area (Å²) >= 11 is 0. The van der Waals surface area contributed by atoms with Crippen LogP contribution >= 0.6 is 0 Å². The SMILES string of the molecule is CN1C(=N)c2ncn(C)c2NS1(=O)=O. The summed E-state index contributed by atoms with van der Waals surface area (Å²) < 4.78 is 27.6. The maximum atomic E-state index is 11.4. The van der Waals surface area contributed by atoms with Gasteiger partial charge >= 0.3 is 10.2 Å². The Hall–Kier alpha value is -1.57. The minimum absolute atomic E-state index is 0.126. The molecule has 7 nitrogen and oxygen atoms in total. The smallest absolute Gasteiger partial charge is 0.319 e. The second kappa shape index (κ2) is 2.47. The van der Waals surface area contributed by atoms with Crippen molar-refractivity contribution >= 4 is 21.9 Å². The molecule has 1 aliphatic rings. The summed E-state index contributed by atoms with van der Waals surface area (Å²) in [6, 6.07) is 0. The molecule has 0 saturated heterocycles. The van der Waals surface area contributed by atoms with E-state index in [0.717, 1.165) is 4.31 Å². The standard InChI is InChI=1S/C6H9N5O2S/c1-10-3-8-4-5(7)11(2)14(12,13)9-6(4)10/h3,7,9H,1-2H3. The lowest BCUT2D eigenvalue weighted by Gasteiger charge is -2.25. The third-order valence-electron chi connectivity index (χ3n) is 2.06. The van der Waals surface area contributed by atoms with E-state index < -0.39 is 10.2 Å². The van der Waals surface area contributed by atoms with Crippen molar-refractivity contribution in [3.63, 3.8) is 0 Å². The second-order valence-electron chi connectivity index (χ2n) is 2.98. The molecule has 76 valence electrons. The topological polar surface area (TPSA) is 91.1 Å². The molecule has 0 radical (unpaired) electrons. The number of aryl methyl sites for hydroxylation is 1. The number of hydrogen-bond donors (Lipinski definition) is 2. The summed E-state index contributed by atoms with van der Waals surface area (Å²) in [6.45, 7) is 0. The lowest BCUT2D eigenvalue weighted by Crippen LogP contribution is -2.42. The van der Waals surface area contributed by atoms with Crippen molar-refractivity contribution in [2.75, 3.05) is 11.8 Å². The monoisotopic (exact) mass is 215 g/mol. The molecule has 0 unspecified atom stereocenters. The minimum atomic E-state index is -3.62. The average molecular weight is 215 g/mol. The van der Waals surface area contributed by atoms with Crippen LogP contribution in [0, 0.1) is 5.41 Å². The molecule has 2 rings (SSSR count). The Bertz CT molecular complexity index is 502. The number of hydrogen-bond acceptors (Lipinski definition) is 4. The average Bonchev–Trinajstić information content (AvgIpc) is 2.44. The van der Waals surface area contributed by atoms with Crippen LogP contribution in [0.1, 0.15) is 5.69 Å². The number of imidazole rings is 1. The van der Waals surface area contributed by atoms with Crippen LogP contribution < -0.4 is 4.72 Å². The number of amidine groups is 1. The summed E-state index contributed by atoms with van der Waals surface area (Å²) in [6.07, 6.45) is 1.46. The number of fused-ring (bicyclic) bond motifs is 1. The van der Waals surface area contributed by atoms with Crippen LogP contribution in [0.5, 0.6) is 0 Å². The molecule has 1 aromatic heterocycles. The molecule has 0 amide bonds. The molecule has 0 fully saturated rings. The normalized spacial score (nSPS) is 19.0. The molecule has 0 atom stereocenters. The van der Waals surface area contributed by atoms with Crippen molar-refractivity contribution in [1.82, 2.24) is 13.9 Å². The van der Waals surface area contributed by atoms with Gasteiger partial charge in [-0.2, -0.15) is 8.42 Å². The molecule has 1 aliphatic heterocycles. The molecule has 14 heavy (non-hydrogen) atoms. The molecule has 0 bridgehead atoms. The van der Waals surface area contributed by atoms with Gasteiger partial charge in [-0.1, -0.05) is 0 Å². The van der Waals surface area contributed by atoms with E-state index in [2.05, 4.69) is 9.71 Å². The second-order valence-corrected chi connectivity index (χ2v) is 4.68. The Morgan fingerprint density at radius 2 is 2.14 bits per heavy atom. The summed E-state index contributed by atoms with van der Waals surface area (Å²) in [5, 5.41) is 7.58. The van der Waals surface area contributed by atoms with E-state index >= 15 is 0 Å². The summed E-state index contributed by atoms with van der Waals surface area (Å²) in [5.41, 5.74) is 0.338. The predicted octanol–water partition coefficient (Wildman–Crippen LogP) is -0.652. The van der Waals surface area contributed by atoms with Gasteiger partial charge in [0.15, 0.2) is 11.7 Å². The van der Waals surface area contributed by atoms with Crippen LogP contribution in [0.4, 0.5) is 5.82 Å². The van der Waals surface area contributed by atoms with Gasteiger partial charge in [0.2, 0.25) is 0 Å². The van der Waals surface area contributed by atoms with Crippen LogP contribution in [0.25, 0.3) is 0 Å². The van der Waals surface area contributed by atoms with Crippen LogP contribution in [-0.2, 0) is 17.3 Å². The van der Waals surface area contributed by atoms with Gasteiger partial charge in [0, 0.05) is 14.1 Å². The number of aromatic nitrogens is 2. The Morgan fingerprint density at radius 1 is 1.50 bits per heavy atom. The Balaban J connectivity index is 2.67. The van der Waals surface area contributed by atoms with Gasteiger partial charge in [-0.15, -0.1) is 0 Å². The van der Waals surface area contributed by atoms with Gasteiger partial charge in [0.25, 0.3) is 0 Å².